The Kier molecular flexibility index (Phi) is 7.63. The molecule has 0 spiro atoms. The van der Waals surface area contributed by atoms with E-state index in [4.69, 9.17) is 10.5 Å². The van der Waals surface area contributed by atoms with Crippen LogP contribution in [0.3, 0.4) is 0 Å². The van der Waals surface area contributed by atoms with E-state index in [1.54, 1.807) is 0 Å². The second-order valence-electron chi connectivity index (χ2n) is 4.08. The number of benzene rings is 1. The van der Waals surface area contributed by atoms with Crippen LogP contribution in [0.5, 0.6) is 5.75 Å². The van der Waals surface area contributed by atoms with Gasteiger partial charge in [0, 0.05) is 6.54 Å². The molecule has 0 aliphatic heterocycles. The van der Waals surface area contributed by atoms with Crippen molar-refractivity contribution in [1.82, 2.24) is 0 Å². The van der Waals surface area contributed by atoms with Gasteiger partial charge in [0.1, 0.15) is 5.75 Å². The monoisotopic (exact) mass is 375 g/mol. The topological polar surface area (TPSA) is 35.2 Å². The molecule has 4 heteroatoms. The first-order valence-electron chi connectivity index (χ1n) is 6.10. The van der Waals surface area contributed by atoms with E-state index in [9.17, 15) is 0 Å². The number of allylic oxidation sites excluding steroid dienone is 1. The maximum atomic E-state index is 5.79. The first-order valence-corrected chi connectivity index (χ1v) is 7.69. The Hall–Kier alpha value is -0.320. The van der Waals surface area contributed by atoms with E-state index in [2.05, 4.69) is 38.4 Å². The highest BCUT2D eigenvalue weighted by atomic mass is 79.9. The molecule has 100 valence electrons. The van der Waals surface area contributed by atoms with Crippen LogP contribution >= 0.6 is 31.9 Å². The lowest BCUT2D eigenvalue weighted by molar-refractivity contribution is 0.302. The van der Waals surface area contributed by atoms with Crippen LogP contribution in [-0.2, 0) is 6.54 Å². The molecular weight excluding hydrogens is 358 g/mol. The zero-order valence-electron chi connectivity index (χ0n) is 10.4. The summed E-state index contributed by atoms with van der Waals surface area (Å²) in [5.41, 5.74) is 6.69. The Bertz CT molecular complexity index is 370. The molecule has 0 amide bonds. The number of halogens is 2. The standard InChI is InChI=1S/C14H19Br2NO/c1-2-3-4-5-6-7-18-14-12(15)8-11(10-17)9-13(14)16/h2,8-9H,1,3-7,10,17H2. The number of hydrogen-bond donors (Lipinski definition) is 1. The lowest BCUT2D eigenvalue weighted by Crippen LogP contribution is -2.01. The van der Waals surface area contributed by atoms with Gasteiger partial charge in [0.05, 0.1) is 15.6 Å². The molecular formula is C14H19Br2NO. The predicted molar refractivity (Wildman–Crippen MR) is 83.9 cm³/mol. The van der Waals surface area contributed by atoms with Crippen LogP contribution < -0.4 is 10.5 Å². The highest BCUT2D eigenvalue weighted by molar-refractivity contribution is 9.11. The van der Waals surface area contributed by atoms with Gasteiger partial charge in [-0.15, -0.1) is 6.58 Å². The molecule has 0 aliphatic rings. The van der Waals surface area contributed by atoms with E-state index in [1.807, 2.05) is 18.2 Å². The quantitative estimate of drug-likeness (QED) is 0.522. The molecule has 0 saturated carbocycles. The first-order chi connectivity index (χ1) is 8.69. The van der Waals surface area contributed by atoms with Crippen LogP contribution in [0.25, 0.3) is 0 Å². The second kappa shape index (κ2) is 8.73. The molecule has 0 fully saturated rings. The van der Waals surface area contributed by atoms with Crippen LogP contribution in [0, 0.1) is 0 Å². The van der Waals surface area contributed by atoms with Crippen LogP contribution in [0.4, 0.5) is 0 Å². The molecule has 1 aromatic rings. The van der Waals surface area contributed by atoms with Crippen molar-refractivity contribution in [2.75, 3.05) is 6.61 Å². The third kappa shape index (κ3) is 5.12. The molecule has 0 radical (unpaired) electrons. The largest absolute Gasteiger partial charge is 0.491 e. The summed E-state index contributed by atoms with van der Waals surface area (Å²) >= 11 is 7.02. The average molecular weight is 377 g/mol. The fourth-order valence-corrected chi connectivity index (χ4v) is 3.12. The van der Waals surface area contributed by atoms with Crippen molar-refractivity contribution in [3.8, 4) is 5.75 Å². The van der Waals surface area contributed by atoms with Gasteiger partial charge in [0.25, 0.3) is 0 Å². The fourth-order valence-electron chi connectivity index (χ4n) is 1.61. The van der Waals surface area contributed by atoms with Crippen molar-refractivity contribution in [3.63, 3.8) is 0 Å². The molecule has 0 heterocycles. The Balaban J connectivity index is 2.44. The Morgan fingerprint density at radius 3 is 2.39 bits per heavy atom. The third-order valence-electron chi connectivity index (χ3n) is 2.59. The normalized spacial score (nSPS) is 10.4. The Morgan fingerprint density at radius 1 is 1.17 bits per heavy atom. The predicted octanol–water partition coefficient (Wildman–Crippen LogP) is 4.80. The summed E-state index contributed by atoms with van der Waals surface area (Å²) in [5.74, 6) is 0.857. The Labute approximate surface area is 126 Å². The lowest BCUT2D eigenvalue weighted by atomic mass is 10.2. The molecule has 2 N–H and O–H groups in total. The maximum absolute atomic E-state index is 5.79. The zero-order valence-corrected chi connectivity index (χ0v) is 13.6. The molecule has 0 aliphatic carbocycles. The summed E-state index contributed by atoms with van der Waals surface area (Å²) < 4.78 is 7.68. The smallest absolute Gasteiger partial charge is 0.147 e. The summed E-state index contributed by atoms with van der Waals surface area (Å²) in [7, 11) is 0. The van der Waals surface area contributed by atoms with Gasteiger partial charge in [0.2, 0.25) is 0 Å². The Morgan fingerprint density at radius 2 is 1.83 bits per heavy atom. The van der Waals surface area contributed by atoms with Crippen LogP contribution in [0.1, 0.15) is 31.2 Å². The van der Waals surface area contributed by atoms with Gasteiger partial charge >= 0.3 is 0 Å². The average Bonchev–Trinajstić information content (AvgIpc) is 2.35. The van der Waals surface area contributed by atoms with E-state index < -0.39 is 0 Å². The number of nitrogens with two attached hydrogens (primary N) is 1. The van der Waals surface area contributed by atoms with Crippen molar-refractivity contribution in [1.29, 1.82) is 0 Å². The minimum absolute atomic E-state index is 0.527. The lowest BCUT2D eigenvalue weighted by Gasteiger charge is -2.11. The SMILES string of the molecule is C=CCCCCCOc1c(Br)cc(CN)cc1Br. The highest BCUT2D eigenvalue weighted by Crippen LogP contribution is 2.34. The van der Waals surface area contributed by atoms with Crippen molar-refractivity contribution in [2.24, 2.45) is 5.73 Å². The van der Waals surface area contributed by atoms with E-state index in [1.165, 1.54) is 12.8 Å². The van der Waals surface area contributed by atoms with Gasteiger partial charge in [0.15, 0.2) is 0 Å². The van der Waals surface area contributed by atoms with Crippen molar-refractivity contribution >= 4 is 31.9 Å². The van der Waals surface area contributed by atoms with Crippen molar-refractivity contribution in [2.45, 2.75) is 32.2 Å². The van der Waals surface area contributed by atoms with E-state index in [0.29, 0.717) is 6.54 Å². The highest BCUT2D eigenvalue weighted by Gasteiger charge is 2.08. The van der Waals surface area contributed by atoms with Gasteiger partial charge in [-0.05, 0) is 75.2 Å². The van der Waals surface area contributed by atoms with Gasteiger partial charge < -0.3 is 10.5 Å². The molecule has 2 nitrogen and oxygen atoms in total. The van der Waals surface area contributed by atoms with E-state index in [-0.39, 0.29) is 0 Å². The second-order valence-corrected chi connectivity index (χ2v) is 5.79. The molecule has 1 aromatic carbocycles. The van der Waals surface area contributed by atoms with Gasteiger partial charge in [-0.1, -0.05) is 6.08 Å². The molecule has 0 saturated heterocycles. The van der Waals surface area contributed by atoms with Gasteiger partial charge in [-0.25, -0.2) is 0 Å². The summed E-state index contributed by atoms with van der Waals surface area (Å²) in [6, 6.07) is 4.00. The summed E-state index contributed by atoms with van der Waals surface area (Å²) in [6.07, 6.45) is 6.45. The van der Waals surface area contributed by atoms with Crippen molar-refractivity contribution < 1.29 is 4.74 Å². The zero-order chi connectivity index (χ0) is 13.4. The fraction of sp³-hybridized carbons (Fsp3) is 0.429. The summed E-state index contributed by atoms with van der Waals surface area (Å²) in [4.78, 5) is 0. The summed E-state index contributed by atoms with van der Waals surface area (Å²) in [6.45, 7) is 4.97. The molecule has 0 atom stereocenters. The molecule has 0 aromatic heterocycles. The summed E-state index contributed by atoms with van der Waals surface area (Å²) in [5, 5.41) is 0. The first kappa shape index (κ1) is 15.7. The van der Waals surface area contributed by atoms with E-state index in [0.717, 1.165) is 39.7 Å². The van der Waals surface area contributed by atoms with Gasteiger partial charge in [-0.2, -0.15) is 0 Å². The van der Waals surface area contributed by atoms with Gasteiger partial charge in [-0.3, -0.25) is 0 Å². The molecule has 0 unspecified atom stereocenters. The number of rotatable bonds is 8. The third-order valence-corrected chi connectivity index (χ3v) is 3.77. The minimum Gasteiger partial charge on any atom is -0.491 e. The number of hydrogen-bond acceptors (Lipinski definition) is 2. The van der Waals surface area contributed by atoms with Crippen molar-refractivity contribution in [3.05, 3.63) is 39.3 Å². The minimum atomic E-state index is 0.527. The van der Waals surface area contributed by atoms with Crippen LogP contribution in [-0.4, -0.2) is 6.61 Å². The molecule has 0 bridgehead atoms. The molecule has 1 rings (SSSR count). The van der Waals surface area contributed by atoms with E-state index >= 15 is 0 Å². The van der Waals surface area contributed by atoms with Crippen LogP contribution in [0.15, 0.2) is 33.7 Å². The number of ether oxygens (including phenoxy) is 1. The maximum Gasteiger partial charge on any atom is 0.147 e. The van der Waals surface area contributed by atoms with Crippen LogP contribution in [0.2, 0.25) is 0 Å². The molecule has 18 heavy (non-hydrogen) atoms. The number of unbranched alkanes of at least 4 members (excludes halogenated alkanes) is 3.